The lowest BCUT2D eigenvalue weighted by atomic mass is 9.93. The summed E-state index contributed by atoms with van der Waals surface area (Å²) in [5, 5.41) is 15.2. The molecular formula is C12H20N2O3. The van der Waals surface area contributed by atoms with E-state index in [2.05, 4.69) is 10.6 Å². The fourth-order valence-corrected chi connectivity index (χ4v) is 2.86. The second-order valence-corrected chi connectivity index (χ2v) is 5.33. The molecule has 2 unspecified atom stereocenters. The van der Waals surface area contributed by atoms with Gasteiger partial charge in [-0.2, -0.15) is 0 Å². The van der Waals surface area contributed by atoms with Crippen molar-refractivity contribution in [1.82, 2.24) is 10.6 Å². The Morgan fingerprint density at radius 1 is 1.29 bits per heavy atom. The number of carbonyl (C=O) groups is 2. The highest BCUT2D eigenvalue weighted by Gasteiger charge is 2.44. The molecule has 0 aromatic carbocycles. The van der Waals surface area contributed by atoms with E-state index in [0.29, 0.717) is 19.4 Å². The first-order chi connectivity index (χ1) is 8.05. The van der Waals surface area contributed by atoms with E-state index in [1.165, 1.54) is 0 Å². The molecule has 2 fully saturated rings. The molecule has 1 heterocycles. The molecule has 17 heavy (non-hydrogen) atoms. The Balaban J connectivity index is 2.03. The predicted octanol–water partition coefficient (Wildman–Crippen LogP) is 0.355. The molecule has 2 atom stereocenters. The van der Waals surface area contributed by atoms with Gasteiger partial charge in [-0.1, -0.05) is 19.8 Å². The fourth-order valence-electron chi connectivity index (χ4n) is 2.86. The number of amides is 1. The van der Waals surface area contributed by atoms with Crippen molar-refractivity contribution in [2.45, 2.75) is 38.1 Å². The van der Waals surface area contributed by atoms with Crippen LogP contribution in [-0.4, -0.2) is 35.6 Å². The SMILES string of the molecule is CC1CNCC1C(=O)NC1(C(=O)O)CCCC1. The van der Waals surface area contributed by atoms with Crippen molar-refractivity contribution in [1.29, 1.82) is 0 Å². The van der Waals surface area contributed by atoms with Crippen LogP contribution in [0.3, 0.4) is 0 Å². The summed E-state index contributed by atoms with van der Waals surface area (Å²) < 4.78 is 0. The molecule has 3 N–H and O–H groups in total. The molecule has 1 amide bonds. The van der Waals surface area contributed by atoms with Crippen molar-refractivity contribution in [2.24, 2.45) is 11.8 Å². The third-order valence-electron chi connectivity index (χ3n) is 4.08. The highest BCUT2D eigenvalue weighted by Crippen LogP contribution is 2.31. The standard InChI is InChI=1S/C12H20N2O3/c1-8-6-13-7-9(8)10(15)14-12(11(16)17)4-2-3-5-12/h8-9,13H,2-7H2,1H3,(H,14,15)(H,16,17). The summed E-state index contributed by atoms with van der Waals surface area (Å²) in [6.07, 6.45) is 2.88. The zero-order chi connectivity index (χ0) is 12.5. The maximum absolute atomic E-state index is 12.1. The van der Waals surface area contributed by atoms with Gasteiger partial charge >= 0.3 is 5.97 Å². The minimum Gasteiger partial charge on any atom is -0.480 e. The van der Waals surface area contributed by atoms with Gasteiger partial charge in [0.2, 0.25) is 5.91 Å². The minimum atomic E-state index is -1.00. The van der Waals surface area contributed by atoms with Crippen LogP contribution in [0.4, 0.5) is 0 Å². The van der Waals surface area contributed by atoms with Crippen LogP contribution in [0, 0.1) is 11.8 Å². The Morgan fingerprint density at radius 2 is 1.94 bits per heavy atom. The second-order valence-electron chi connectivity index (χ2n) is 5.33. The Bertz CT molecular complexity index is 324. The molecule has 0 spiro atoms. The number of carboxylic acids is 1. The Hall–Kier alpha value is -1.10. The van der Waals surface area contributed by atoms with Gasteiger partial charge in [-0.3, -0.25) is 4.79 Å². The predicted molar refractivity (Wildman–Crippen MR) is 62.5 cm³/mol. The van der Waals surface area contributed by atoms with Crippen LogP contribution in [0.2, 0.25) is 0 Å². The van der Waals surface area contributed by atoms with Crippen molar-refractivity contribution < 1.29 is 14.7 Å². The second kappa shape index (κ2) is 4.64. The number of hydrogen-bond acceptors (Lipinski definition) is 3. The van der Waals surface area contributed by atoms with Crippen molar-refractivity contribution in [3.8, 4) is 0 Å². The molecule has 1 aliphatic heterocycles. The van der Waals surface area contributed by atoms with Gasteiger partial charge < -0.3 is 15.7 Å². The van der Waals surface area contributed by atoms with Gasteiger partial charge in [0.05, 0.1) is 5.92 Å². The van der Waals surface area contributed by atoms with Crippen molar-refractivity contribution in [2.75, 3.05) is 13.1 Å². The first kappa shape index (κ1) is 12.4. The van der Waals surface area contributed by atoms with E-state index in [9.17, 15) is 14.7 Å². The lowest BCUT2D eigenvalue weighted by Gasteiger charge is -2.27. The molecule has 2 rings (SSSR count). The van der Waals surface area contributed by atoms with Crippen LogP contribution < -0.4 is 10.6 Å². The average Bonchev–Trinajstić information content (AvgIpc) is 2.87. The van der Waals surface area contributed by atoms with Gasteiger partial charge in [-0.05, 0) is 25.3 Å². The number of rotatable bonds is 3. The van der Waals surface area contributed by atoms with E-state index < -0.39 is 11.5 Å². The number of hydrogen-bond donors (Lipinski definition) is 3. The lowest BCUT2D eigenvalue weighted by Crippen LogP contribution is -2.54. The third-order valence-corrected chi connectivity index (χ3v) is 4.08. The van der Waals surface area contributed by atoms with Crippen molar-refractivity contribution >= 4 is 11.9 Å². The van der Waals surface area contributed by atoms with E-state index in [4.69, 9.17) is 0 Å². The molecular weight excluding hydrogens is 220 g/mol. The van der Waals surface area contributed by atoms with E-state index in [-0.39, 0.29) is 17.7 Å². The molecule has 0 aromatic heterocycles. The molecule has 1 aliphatic carbocycles. The molecule has 1 saturated heterocycles. The van der Waals surface area contributed by atoms with Crippen LogP contribution in [0.25, 0.3) is 0 Å². The Morgan fingerprint density at radius 3 is 2.41 bits per heavy atom. The normalized spacial score (nSPS) is 31.4. The Kier molecular flexibility index (Phi) is 3.38. The summed E-state index contributed by atoms with van der Waals surface area (Å²) in [5.41, 5.74) is -1.00. The largest absolute Gasteiger partial charge is 0.480 e. The molecule has 5 nitrogen and oxygen atoms in total. The number of carboxylic acid groups (broad SMARTS) is 1. The van der Waals surface area contributed by atoms with Gasteiger partial charge in [-0.25, -0.2) is 4.79 Å². The van der Waals surface area contributed by atoms with Gasteiger partial charge in [0.1, 0.15) is 5.54 Å². The van der Waals surface area contributed by atoms with Crippen LogP contribution in [0.5, 0.6) is 0 Å². The number of aliphatic carboxylic acids is 1. The highest BCUT2D eigenvalue weighted by atomic mass is 16.4. The van der Waals surface area contributed by atoms with Crippen molar-refractivity contribution in [3.63, 3.8) is 0 Å². The summed E-state index contributed by atoms with van der Waals surface area (Å²) in [6.45, 7) is 3.51. The molecule has 0 radical (unpaired) electrons. The van der Waals surface area contributed by atoms with E-state index in [0.717, 1.165) is 19.4 Å². The quantitative estimate of drug-likeness (QED) is 0.665. The third kappa shape index (κ3) is 2.29. The number of nitrogens with one attached hydrogen (secondary N) is 2. The van der Waals surface area contributed by atoms with Crippen molar-refractivity contribution in [3.05, 3.63) is 0 Å². The zero-order valence-corrected chi connectivity index (χ0v) is 10.2. The first-order valence-electron chi connectivity index (χ1n) is 6.31. The molecule has 0 aromatic rings. The van der Waals surface area contributed by atoms with E-state index >= 15 is 0 Å². The highest BCUT2D eigenvalue weighted by molar-refractivity contribution is 5.88. The Labute approximate surface area is 101 Å². The summed E-state index contributed by atoms with van der Waals surface area (Å²) in [4.78, 5) is 23.4. The van der Waals surface area contributed by atoms with Crippen LogP contribution >= 0.6 is 0 Å². The summed E-state index contributed by atoms with van der Waals surface area (Å²) in [5.74, 6) is -0.803. The van der Waals surface area contributed by atoms with E-state index in [1.807, 2.05) is 6.92 Å². The zero-order valence-electron chi connectivity index (χ0n) is 10.2. The molecule has 96 valence electrons. The first-order valence-corrected chi connectivity index (χ1v) is 6.31. The molecule has 2 aliphatic rings. The topological polar surface area (TPSA) is 78.4 Å². The monoisotopic (exact) mass is 240 g/mol. The fraction of sp³-hybridized carbons (Fsp3) is 0.833. The van der Waals surface area contributed by atoms with Gasteiger partial charge in [0, 0.05) is 6.54 Å². The summed E-state index contributed by atoms with van der Waals surface area (Å²) in [6, 6.07) is 0. The lowest BCUT2D eigenvalue weighted by molar-refractivity contribution is -0.148. The molecule has 5 heteroatoms. The molecule has 0 bridgehead atoms. The summed E-state index contributed by atoms with van der Waals surface area (Å²) in [7, 11) is 0. The van der Waals surface area contributed by atoms with Gasteiger partial charge in [-0.15, -0.1) is 0 Å². The molecule has 1 saturated carbocycles. The maximum Gasteiger partial charge on any atom is 0.329 e. The van der Waals surface area contributed by atoms with Gasteiger partial charge in [0.15, 0.2) is 0 Å². The van der Waals surface area contributed by atoms with Crippen LogP contribution in [0.1, 0.15) is 32.6 Å². The number of carbonyl (C=O) groups excluding carboxylic acids is 1. The van der Waals surface area contributed by atoms with Crippen LogP contribution in [-0.2, 0) is 9.59 Å². The maximum atomic E-state index is 12.1. The smallest absolute Gasteiger partial charge is 0.329 e. The van der Waals surface area contributed by atoms with Gasteiger partial charge in [0.25, 0.3) is 0 Å². The average molecular weight is 240 g/mol. The minimum absolute atomic E-state index is 0.0909. The van der Waals surface area contributed by atoms with Crippen LogP contribution in [0.15, 0.2) is 0 Å². The van der Waals surface area contributed by atoms with E-state index in [1.54, 1.807) is 0 Å². The summed E-state index contributed by atoms with van der Waals surface area (Å²) >= 11 is 0.